The van der Waals surface area contributed by atoms with Crippen molar-refractivity contribution in [2.24, 2.45) is 5.11 Å². The van der Waals surface area contributed by atoms with E-state index >= 15 is 0 Å². The van der Waals surface area contributed by atoms with Crippen molar-refractivity contribution in [1.82, 2.24) is 9.55 Å². The van der Waals surface area contributed by atoms with Crippen LogP contribution in [0.1, 0.15) is 22.3 Å². The number of rotatable bonds is 4. The maximum absolute atomic E-state index is 14.5. The first-order chi connectivity index (χ1) is 10.6. The van der Waals surface area contributed by atoms with Crippen molar-refractivity contribution in [3.05, 3.63) is 43.5 Å². The van der Waals surface area contributed by atoms with Crippen LogP contribution in [0.2, 0.25) is 0 Å². The predicted molar refractivity (Wildman–Crippen MR) is 69.4 cm³/mol. The lowest BCUT2D eigenvalue weighted by Crippen LogP contribution is -2.44. The smallest absolute Gasteiger partial charge is 0.330 e. The van der Waals surface area contributed by atoms with E-state index in [1.54, 1.807) is 0 Å². The second-order valence-corrected chi connectivity index (χ2v) is 4.44. The highest BCUT2D eigenvalue weighted by molar-refractivity contribution is 5.03. The molecule has 21 heavy (non-hydrogen) atoms. The van der Waals surface area contributed by atoms with Crippen molar-refractivity contribution < 1.29 is 17.0 Å². The summed E-state index contributed by atoms with van der Waals surface area (Å²) < 4.78 is 36.1. The lowest BCUT2D eigenvalue weighted by atomic mass is 9.93. The molecule has 0 bridgehead atoms. The Morgan fingerprint density at radius 3 is 3.05 bits per heavy atom. The van der Waals surface area contributed by atoms with Gasteiger partial charge in [-0.05, 0) is 11.9 Å². The van der Waals surface area contributed by atoms with E-state index in [2.05, 4.69) is 10.0 Å². The molecule has 0 radical (unpaired) electrons. The normalized spacial score (nSPS) is 34.0. The van der Waals surface area contributed by atoms with E-state index in [1.165, 1.54) is 0 Å². The van der Waals surface area contributed by atoms with Crippen molar-refractivity contribution >= 4 is 0 Å². The van der Waals surface area contributed by atoms with Crippen LogP contribution in [0.4, 0.5) is 4.39 Å². The molecule has 2 N–H and O–H groups in total. The Morgan fingerprint density at radius 1 is 1.76 bits per heavy atom. The van der Waals surface area contributed by atoms with E-state index in [1.807, 2.05) is 4.98 Å². The number of nitrogens with zero attached hydrogens (tertiary/aromatic N) is 4. The summed E-state index contributed by atoms with van der Waals surface area (Å²) >= 11 is 0. The van der Waals surface area contributed by atoms with Gasteiger partial charge in [0.15, 0.2) is 12.4 Å². The minimum atomic E-state index is -2.29. The highest BCUT2D eigenvalue weighted by atomic mass is 19.1. The molecule has 0 amide bonds. The monoisotopic (exact) mass is 301 g/mol. The van der Waals surface area contributed by atoms with Crippen molar-refractivity contribution in [2.75, 3.05) is 6.54 Å². The Labute approximate surface area is 120 Å². The fourth-order valence-corrected chi connectivity index (χ4v) is 2.15. The van der Waals surface area contributed by atoms with Crippen LogP contribution in [0, 0.1) is 0 Å². The number of H-pyrrole nitrogens is 1. The number of alkyl halides is 1. The minimum Gasteiger partial charge on any atom is -0.387 e. The quantitative estimate of drug-likeness (QED) is 0.467. The van der Waals surface area contributed by atoms with E-state index in [0.717, 1.165) is 19.2 Å². The summed E-state index contributed by atoms with van der Waals surface area (Å²) in [6.07, 6.45) is -7.16. The Balaban J connectivity index is 2.52. The van der Waals surface area contributed by atoms with E-state index in [-0.39, 0.29) is 0 Å². The van der Waals surface area contributed by atoms with E-state index in [4.69, 9.17) is 13.0 Å². The SMILES string of the molecule is [2H]C([2H])(C)[C@@]1(CN=[N+]=[N-])O[C@@H](n2ccc(=O)[nH]c2=O)[C@H](F)[C@@H]1O. The van der Waals surface area contributed by atoms with Gasteiger partial charge in [-0.25, -0.2) is 9.18 Å². The Kier molecular flexibility index (Phi) is 3.40. The molecule has 0 aromatic carbocycles. The predicted octanol–water partition coefficient (Wildman–Crippen LogP) is 0.224. The second kappa shape index (κ2) is 5.68. The molecule has 1 aliphatic heterocycles. The van der Waals surface area contributed by atoms with Crippen LogP contribution < -0.4 is 11.2 Å². The zero-order chi connectivity index (χ0) is 17.4. The molecule has 9 nitrogen and oxygen atoms in total. The molecule has 114 valence electrons. The molecule has 1 fully saturated rings. The fourth-order valence-electron chi connectivity index (χ4n) is 2.15. The average Bonchev–Trinajstić information content (AvgIpc) is 2.70. The number of aliphatic hydroxyl groups excluding tert-OH is 1. The number of azide groups is 1. The van der Waals surface area contributed by atoms with Crippen LogP contribution in [0.5, 0.6) is 0 Å². The van der Waals surface area contributed by atoms with Crippen LogP contribution in [0.25, 0.3) is 10.4 Å². The third-order valence-corrected chi connectivity index (χ3v) is 3.30. The molecule has 2 rings (SSSR count). The summed E-state index contributed by atoms with van der Waals surface area (Å²) in [5, 5.41) is 13.3. The van der Waals surface area contributed by atoms with Gasteiger partial charge in [-0.2, -0.15) is 0 Å². The molecule has 1 aromatic rings. The number of aromatic nitrogens is 2. The zero-order valence-corrected chi connectivity index (χ0v) is 10.9. The Morgan fingerprint density at radius 2 is 2.48 bits per heavy atom. The van der Waals surface area contributed by atoms with E-state index in [0.29, 0.717) is 4.57 Å². The highest BCUT2D eigenvalue weighted by Gasteiger charge is 2.54. The molecule has 2 heterocycles. The second-order valence-electron chi connectivity index (χ2n) is 4.44. The summed E-state index contributed by atoms with van der Waals surface area (Å²) in [5.41, 5.74) is 4.56. The van der Waals surface area contributed by atoms with Crippen LogP contribution in [-0.4, -0.2) is 39.1 Å². The van der Waals surface area contributed by atoms with Gasteiger partial charge in [0.25, 0.3) is 5.56 Å². The molecule has 1 aromatic heterocycles. The number of hydrogen-bond donors (Lipinski definition) is 2. The minimum absolute atomic E-state index is 0.677. The van der Waals surface area contributed by atoms with Crippen molar-refractivity contribution in [3.63, 3.8) is 0 Å². The standard InChI is InChI=1S/C11H14FN5O4/c1-2-11(5-14-16-13)8(19)7(12)9(21-11)17-4-3-6(18)15-10(17)20/h3-4,7-9,19H,2,5H2,1H3,(H,15,18,20)/t7-,8+,9-,11+/m1/s1/i2D2. The number of halogens is 1. The molecular weight excluding hydrogens is 285 g/mol. The maximum atomic E-state index is 14.5. The van der Waals surface area contributed by atoms with Crippen LogP contribution in [-0.2, 0) is 4.74 Å². The number of aromatic amines is 1. The van der Waals surface area contributed by atoms with Crippen molar-refractivity contribution in [1.29, 1.82) is 0 Å². The molecule has 0 aliphatic carbocycles. The molecule has 10 heteroatoms. The molecular formula is C11H14FN5O4. The highest BCUT2D eigenvalue weighted by Crippen LogP contribution is 2.40. The molecule has 1 saturated heterocycles. The average molecular weight is 301 g/mol. The third kappa shape index (κ3) is 2.56. The van der Waals surface area contributed by atoms with Gasteiger partial charge in [0, 0.05) is 19.9 Å². The lowest BCUT2D eigenvalue weighted by molar-refractivity contribution is -0.0999. The first-order valence-corrected chi connectivity index (χ1v) is 5.96. The van der Waals surface area contributed by atoms with Gasteiger partial charge in [-0.3, -0.25) is 14.3 Å². The Hall–Kier alpha value is -2.16. The van der Waals surface area contributed by atoms with Gasteiger partial charge in [-0.15, -0.1) is 0 Å². The summed E-state index contributed by atoms with van der Waals surface area (Å²) in [4.78, 5) is 27.2. The van der Waals surface area contributed by atoms with Gasteiger partial charge >= 0.3 is 5.69 Å². The van der Waals surface area contributed by atoms with E-state index in [9.17, 15) is 19.1 Å². The molecule has 0 spiro atoms. The van der Waals surface area contributed by atoms with Crippen molar-refractivity contribution in [2.45, 2.75) is 37.4 Å². The Bertz CT molecular complexity index is 756. The number of nitrogens with one attached hydrogen (secondary N) is 1. The van der Waals surface area contributed by atoms with Crippen LogP contribution in [0.3, 0.4) is 0 Å². The van der Waals surface area contributed by atoms with E-state index < -0.39 is 48.3 Å². The molecule has 4 atom stereocenters. The largest absolute Gasteiger partial charge is 0.387 e. The first-order valence-electron chi connectivity index (χ1n) is 6.96. The molecule has 0 unspecified atom stereocenters. The summed E-state index contributed by atoms with van der Waals surface area (Å²) in [6, 6.07) is 0.956. The lowest BCUT2D eigenvalue weighted by Gasteiger charge is -2.28. The summed E-state index contributed by atoms with van der Waals surface area (Å²) in [7, 11) is 0. The van der Waals surface area contributed by atoms with Gasteiger partial charge in [0.2, 0.25) is 0 Å². The van der Waals surface area contributed by atoms with Crippen molar-refractivity contribution in [3.8, 4) is 0 Å². The zero-order valence-electron chi connectivity index (χ0n) is 12.9. The first kappa shape index (κ1) is 12.6. The van der Waals surface area contributed by atoms with Crippen LogP contribution in [0.15, 0.2) is 27.0 Å². The number of ether oxygens (including phenoxy) is 1. The van der Waals surface area contributed by atoms with Gasteiger partial charge in [0.05, 0.1) is 6.54 Å². The topological polar surface area (TPSA) is 133 Å². The number of aliphatic hydroxyl groups is 1. The summed E-state index contributed by atoms with van der Waals surface area (Å²) in [6.45, 7) is 0.358. The number of hydrogen-bond acceptors (Lipinski definition) is 5. The van der Waals surface area contributed by atoms with Gasteiger partial charge in [0.1, 0.15) is 11.7 Å². The third-order valence-electron chi connectivity index (χ3n) is 3.30. The maximum Gasteiger partial charge on any atom is 0.330 e. The fraction of sp³-hybridized carbons (Fsp3) is 0.636. The van der Waals surface area contributed by atoms with Gasteiger partial charge in [-0.1, -0.05) is 12.0 Å². The molecule has 1 aliphatic rings. The van der Waals surface area contributed by atoms with Gasteiger partial charge < -0.3 is 9.84 Å². The molecule has 0 saturated carbocycles. The summed E-state index contributed by atoms with van der Waals surface area (Å²) in [5.74, 6) is 0. The van der Waals surface area contributed by atoms with Crippen LogP contribution >= 0.6 is 0 Å².